The summed E-state index contributed by atoms with van der Waals surface area (Å²) in [5, 5.41) is 3.81. The Morgan fingerprint density at radius 3 is 2.75 bits per heavy atom. The van der Waals surface area contributed by atoms with Crippen LogP contribution >= 0.6 is 50.1 Å². The molecule has 20 heavy (non-hydrogen) atoms. The van der Waals surface area contributed by atoms with E-state index in [0.29, 0.717) is 16.8 Å². The fraction of sp³-hybridized carbons (Fsp3) is 0.286. The van der Waals surface area contributed by atoms with Crippen LogP contribution in [0, 0.1) is 3.57 Å². The predicted molar refractivity (Wildman–Crippen MR) is 94.4 cm³/mol. The van der Waals surface area contributed by atoms with Gasteiger partial charge in [0, 0.05) is 23.0 Å². The van der Waals surface area contributed by atoms with Crippen LogP contribution in [-0.2, 0) is 0 Å². The number of aromatic nitrogens is 2. The summed E-state index contributed by atoms with van der Waals surface area (Å²) in [4.78, 5) is 9.35. The third-order valence-electron chi connectivity index (χ3n) is 3.25. The minimum Gasteiger partial charge on any atom is -0.372 e. The lowest BCUT2D eigenvalue weighted by atomic mass is 10.2. The molecule has 3 nitrogen and oxygen atoms in total. The van der Waals surface area contributed by atoms with E-state index in [2.05, 4.69) is 48.8 Å². The van der Waals surface area contributed by atoms with Crippen LogP contribution in [0.15, 0.2) is 22.7 Å². The molecule has 1 aromatic carbocycles. The molecular formula is C14H12BrClIN3. The fourth-order valence-electron chi connectivity index (χ4n) is 2.05. The van der Waals surface area contributed by atoms with E-state index in [4.69, 9.17) is 16.6 Å². The fourth-order valence-corrected chi connectivity index (χ4v) is 3.56. The molecule has 0 spiro atoms. The number of nitrogens with zero attached hydrogens (tertiary/aromatic N) is 2. The molecule has 1 fully saturated rings. The van der Waals surface area contributed by atoms with Gasteiger partial charge in [-0.2, -0.15) is 0 Å². The summed E-state index contributed by atoms with van der Waals surface area (Å²) < 4.78 is 2.08. The lowest BCUT2D eigenvalue weighted by Gasteiger charge is -2.12. The Morgan fingerprint density at radius 2 is 2.10 bits per heavy atom. The maximum atomic E-state index is 6.29. The van der Waals surface area contributed by atoms with Gasteiger partial charge in [-0.05, 0) is 53.6 Å². The largest absolute Gasteiger partial charge is 0.372 e. The summed E-state index contributed by atoms with van der Waals surface area (Å²) in [6.07, 6.45) is 2.42. The van der Waals surface area contributed by atoms with Crippen molar-refractivity contribution in [1.29, 1.82) is 0 Å². The number of anilines is 1. The number of halogens is 3. The molecule has 0 saturated heterocycles. The van der Waals surface area contributed by atoms with Crippen molar-refractivity contribution in [2.45, 2.75) is 18.8 Å². The predicted octanol–water partition coefficient (Wildman–Crippen LogP) is 5.08. The molecule has 6 heteroatoms. The average Bonchev–Trinajstić information content (AvgIpc) is 3.26. The standard InChI is InChI=1S/C14H12BrClIN3/c1-18-14-11(17)12(7-2-3-7)19-13(20-14)9-6-8(15)4-5-10(9)16/h4-7H,2-3H2,1H3,(H,18,19,20). The zero-order valence-electron chi connectivity index (χ0n) is 10.8. The molecule has 0 aliphatic heterocycles. The molecule has 2 aromatic rings. The summed E-state index contributed by atoms with van der Waals surface area (Å²) in [6, 6.07) is 5.73. The highest BCUT2D eigenvalue weighted by Crippen LogP contribution is 2.43. The van der Waals surface area contributed by atoms with Gasteiger partial charge in [0.2, 0.25) is 0 Å². The normalized spacial score (nSPS) is 14.4. The van der Waals surface area contributed by atoms with E-state index in [1.54, 1.807) is 0 Å². The first-order chi connectivity index (χ1) is 9.60. The minimum absolute atomic E-state index is 0.571. The SMILES string of the molecule is CNc1nc(-c2cc(Br)ccc2Cl)nc(C2CC2)c1I. The average molecular weight is 465 g/mol. The minimum atomic E-state index is 0.571. The molecule has 1 aliphatic rings. The third-order valence-corrected chi connectivity index (χ3v) is 5.13. The second kappa shape index (κ2) is 5.77. The van der Waals surface area contributed by atoms with Gasteiger partial charge in [-0.25, -0.2) is 9.97 Å². The van der Waals surface area contributed by atoms with Gasteiger partial charge in [0.1, 0.15) is 5.82 Å². The van der Waals surface area contributed by atoms with Crippen molar-refractivity contribution >= 4 is 55.9 Å². The van der Waals surface area contributed by atoms with E-state index >= 15 is 0 Å². The lowest BCUT2D eigenvalue weighted by Crippen LogP contribution is -2.05. The van der Waals surface area contributed by atoms with Crippen LogP contribution in [0.25, 0.3) is 11.4 Å². The van der Waals surface area contributed by atoms with Crippen LogP contribution in [0.4, 0.5) is 5.82 Å². The Bertz CT molecular complexity index is 674. The smallest absolute Gasteiger partial charge is 0.163 e. The van der Waals surface area contributed by atoms with E-state index in [1.807, 2.05) is 25.2 Å². The highest BCUT2D eigenvalue weighted by molar-refractivity contribution is 14.1. The Morgan fingerprint density at radius 1 is 1.35 bits per heavy atom. The van der Waals surface area contributed by atoms with E-state index in [1.165, 1.54) is 12.8 Å². The molecule has 1 aromatic heterocycles. The highest BCUT2D eigenvalue weighted by Gasteiger charge is 2.29. The Hall–Kier alpha value is -0.400. The van der Waals surface area contributed by atoms with Crippen molar-refractivity contribution in [2.24, 2.45) is 0 Å². The molecule has 0 bridgehead atoms. The first kappa shape index (κ1) is 14.5. The van der Waals surface area contributed by atoms with Crippen molar-refractivity contribution in [1.82, 2.24) is 9.97 Å². The monoisotopic (exact) mass is 463 g/mol. The Balaban J connectivity index is 2.18. The maximum absolute atomic E-state index is 6.29. The Kier molecular flexibility index (Phi) is 4.19. The van der Waals surface area contributed by atoms with Crippen molar-refractivity contribution in [2.75, 3.05) is 12.4 Å². The van der Waals surface area contributed by atoms with Crippen LogP contribution in [0.3, 0.4) is 0 Å². The summed E-state index contributed by atoms with van der Waals surface area (Å²) in [5.74, 6) is 2.12. The summed E-state index contributed by atoms with van der Waals surface area (Å²) >= 11 is 12.1. The number of hydrogen-bond acceptors (Lipinski definition) is 3. The van der Waals surface area contributed by atoms with Crippen molar-refractivity contribution < 1.29 is 0 Å². The van der Waals surface area contributed by atoms with Crippen LogP contribution < -0.4 is 5.32 Å². The van der Waals surface area contributed by atoms with E-state index in [9.17, 15) is 0 Å². The third kappa shape index (κ3) is 2.80. The van der Waals surface area contributed by atoms with Gasteiger partial charge in [-0.15, -0.1) is 0 Å². The molecule has 0 atom stereocenters. The van der Waals surface area contributed by atoms with Crippen LogP contribution in [-0.4, -0.2) is 17.0 Å². The molecule has 1 heterocycles. The molecule has 0 radical (unpaired) electrons. The van der Waals surface area contributed by atoms with Gasteiger partial charge in [-0.3, -0.25) is 0 Å². The van der Waals surface area contributed by atoms with Gasteiger partial charge in [-0.1, -0.05) is 27.5 Å². The second-order valence-electron chi connectivity index (χ2n) is 4.74. The second-order valence-corrected chi connectivity index (χ2v) is 7.15. The highest BCUT2D eigenvalue weighted by atomic mass is 127. The van der Waals surface area contributed by atoms with Crippen molar-refractivity contribution in [3.05, 3.63) is 37.0 Å². The molecule has 104 valence electrons. The number of rotatable bonds is 3. The zero-order chi connectivity index (χ0) is 14.3. The number of benzene rings is 1. The molecule has 1 N–H and O–H groups in total. The zero-order valence-corrected chi connectivity index (χ0v) is 15.3. The van der Waals surface area contributed by atoms with E-state index in [0.717, 1.165) is 25.1 Å². The first-order valence-corrected chi connectivity index (χ1v) is 8.55. The first-order valence-electron chi connectivity index (χ1n) is 6.30. The molecule has 3 rings (SSSR count). The van der Waals surface area contributed by atoms with Crippen LogP contribution in [0.1, 0.15) is 24.5 Å². The Labute approximate surface area is 144 Å². The van der Waals surface area contributed by atoms with Gasteiger partial charge < -0.3 is 5.32 Å². The van der Waals surface area contributed by atoms with Gasteiger partial charge in [0.05, 0.1) is 14.3 Å². The molecule has 1 saturated carbocycles. The number of nitrogens with one attached hydrogen (secondary N) is 1. The van der Waals surface area contributed by atoms with Crippen LogP contribution in [0.5, 0.6) is 0 Å². The lowest BCUT2D eigenvalue weighted by molar-refractivity contribution is 0.979. The summed E-state index contributed by atoms with van der Waals surface area (Å²) in [6.45, 7) is 0. The van der Waals surface area contributed by atoms with E-state index < -0.39 is 0 Å². The molecule has 1 aliphatic carbocycles. The van der Waals surface area contributed by atoms with Crippen molar-refractivity contribution in [3.63, 3.8) is 0 Å². The molecule has 0 unspecified atom stereocenters. The summed E-state index contributed by atoms with van der Waals surface area (Å²) in [7, 11) is 1.88. The van der Waals surface area contributed by atoms with Crippen LogP contribution in [0.2, 0.25) is 5.02 Å². The van der Waals surface area contributed by atoms with Gasteiger partial charge in [0.25, 0.3) is 0 Å². The molecular weight excluding hydrogens is 452 g/mol. The maximum Gasteiger partial charge on any atom is 0.163 e. The topological polar surface area (TPSA) is 37.8 Å². The van der Waals surface area contributed by atoms with Gasteiger partial charge in [0.15, 0.2) is 5.82 Å². The quantitative estimate of drug-likeness (QED) is 0.644. The van der Waals surface area contributed by atoms with E-state index in [-0.39, 0.29) is 0 Å². The molecule has 0 amide bonds. The van der Waals surface area contributed by atoms with Gasteiger partial charge >= 0.3 is 0 Å². The number of hydrogen-bond donors (Lipinski definition) is 1. The summed E-state index contributed by atoms with van der Waals surface area (Å²) in [5.41, 5.74) is 1.99. The van der Waals surface area contributed by atoms with Crippen molar-refractivity contribution in [3.8, 4) is 11.4 Å².